The van der Waals surface area contributed by atoms with Gasteiger partial charge in [0.25, 0.3) is 0 Å². The molecule has 0 aliphatic heterocycles. The molecule has 0 aliphatic carbocycles. The lowest BCUT2D eigenvalue weighted by atomic mass is 10.1. The molecule has 15 heavy (non-hydrogen) atoms. The molecule has 0 bridgehead atoms. The minimum absolute atomic E-state index is 0.127. The number of aromatic nitrogens is 1. The van der Waals surface area contributed by atoms with Crippen molar-refractivity contribution in [2.24, 2.45) is 11.7 Å². The van der Waals surface area contributed by atoms with Crippen LogP contribution >= 0.6 is 0 Å². The van der Waals surface area contributed by atoms with Crippen molar-refractivity contribution in [1.82, 2.24) is 4.98 Å². The molecule has 1 aromatic carbocycles. The highest BCUT2D eigenvalue weighted by Crippen LogP contribution is 2.23. The zero-order chi connectivity index (χ0) is 11.0. The van der Waals surface area contributed by atoms with Gasteiger partial charge in [0.1, 0.15) is 5.52 Å². The van der Waals surface area contributed by atoms with Gasteiger partial charge in [0.15, 0.2) is 5.58 Å². The van der Waals surface area contributed by atoms with E-state index in [9.17, 15) is 0 Å². The molecular formula is C12H16N2O. The van der Waals surface area contributed by atoms with Crippen LogP contribution in [0.1, 0.15) is 31.3 Å². The zero-order valence-electron chi connectivity index (χ0n) is 9.32. The molecule has 1 aromatic heterocycles. The monoisotopic (exact) mass is 204 g/mol. The number of aryl methyl sites for hydroxylation is 1. The molecule has 0 saturated carbocycles. The van der Waals surface area contributed by atoms with E-state index in [1.54, 1.807) is 0 Å². The molecule has 3 heteroatoms. The van der Waals surface area contributed by atoms with E-state index in [1.165, 1.54) is 5.56 Å². The van der Waals surface area contributed by atoms with E-state index in [0.717, 1.165) is 11.1 Å². The van der Waals surface area contributed by atoms with Crippen LogP contribution in [0.25, 0.3) is 11.1 Å². The lowest BCUT2D eigenvalue weighted by Gasteiger charge is -2.10. The second kappa shape index (κ2) is 3.66. The third-order valence-electron chi connectivity index (χ3n) is 2.56. The topological polar surface area (TPSA) is 52.0 Å². The van der Waals surface area contributed by atoms with Crippen molar-refractivity contribution in [1.29, 1.82) is 0 Å². The maximum Gasteiger partial charge on any atom is 0.212 e. The van der Waals surface area contributed by atoms with Crippen molar-refractivity contribution in [3.8, 4) is 0 Å². The third-order valence-corrected chi connectivity index (χ3v) is 2.56. The Kier molecular flexibility index (Phi) is 2.49. The Morgan fingerprint density at radius 2 is 2.07 bits per heavy atom. The smallest absolute Gasteiger partial charge is 0.212 e. The first-order valence-electron chi connectivity index (χ1n) is 5.20. The molecule has 2 rings (SSSR count). The second-order valence-corrected chi connectivity index (χ2v) is 4.29. The predicted molar refractivity (Wildman–Crippen MR) is 60.5 cm³/mol. The Morgan fingerprint density at radius 1 is 1.33 bits per heavy atom. The van der Waals surface area contributed by atoms with Gasteiger partial charge in [-0.2, -0.15) is 0 Å². The van der Waals surface area contributed by atoms with Crippen molar-refractivity contribution in [3.63, 3.8) is 0 Å². The van der Waals surface area contributed by atoms with Gasteiger partial charge in [-0.1, -0.05) is 19.9 Å². The Hall–Kier alpha value is -1.35. The van der Waals surface area contributed by atoms with Gasteiger partial charge in [-0.15, -0.1) is 0 Å². The highest BCUT2D eigenvalue weighted by atomic mass is 16.3. The van der Waals surface area contributed by atoms with Crippen LogP contribution in [0.3, 0.4) is 0 Å². The molecule has 0 aliphatic rings. The van der Waals surface area contributed by atoms with Gasteiger partial charge in [0.2, 0.25) is 5.89 Å². The van der Waals surface area contributed by atoms with Gasteiger partial charge in [0, 0.05) is 0 Å². The molecule has 0 saturated heterocycles. The molecule has 0 radical (unpaired) electrons. The van der Waals surface area contributed by atoms with Gasteiger partial charge in [-0.25, -0.2) is 4.98 Å². The number of fused-ring (bicyclic) bond motifs is 1. The minimum Gasteiger partial charge on any atom is -0.439 e. The standard InChI is InChI=1S/C12H16N2O/c1-7(2)11(13)12-14-9-6-8(3)4-5-10(9)15-12/h4-7,11H,13H2,1-3H3/t11-/m0/s1. The van der Waals surface area contributed by atoms with Crippen LogP contribution in [0.15, 0.2) is 22.6 Å². The summed E-state index contributed by atoms with van der Waals surface area (Å²) in [5.74, 6) is 0.963. The lowest BCUT2D eigenvalue weighted by Crippen LogP contribution is -2.16. The van der Waals surface area contributed by atoms with Crippen LogP contribution < -0.4 is 5.73 Å². The number of benzene rings is 1. The van der Waals surface area contributed by atoms with Crippen LogP contribution in [-0.2, 0) is 0 Å². The molecule has 0 amide bonds. The Balaban J connectivity index is 2.47. The van der Waals surface area contributed by atoms with Crippen LogP contribution in [0.2, 0.25) is 0 Å². The molecule has 2 N–H and O–H groups in total. The van der Waals surface area contributed by atoms with Crippen LogP contribution in [-0.4, -0.2) is 4.98 Å². The number of nitrogens with zero attached hydrogens (tertiary/aromatic N) is 1. The summed E-state index contributed by atoms with van der Waals surface area (Å²) < 4.78 is 5.61. The first-order valence-corrected chi connectivity index (χ1v) is 5.20. The summed E-state index contributed by atoms with van der Waals surface area (Å²) in [6.45, 7) is 6.16. The Labute approximate surface area is 89.3 Å². The maximum absolute atomic E-state index is 5.98. The Bertz CT molecular complexity index is 473. The van der Waals surface area contributed by atoms with Crippen molar-refractivity contribution in [2.45, 2.75) is 26.8 Å². The van der Waals surface area contributed by atoms with Crippen LogP contribution in [0.5, 0.6) is 0 Å². The van der Waals surface area contributed by atoms with Crippen molar-refractivity contribution >= 4 is 11.1 Å². The fourth-order valence-electron chi connectivity index (χ4n) is 1.48. The maximum atomic E-state index is 5.98. The van der Waals surface area contributed by atoms with Crippen molar-refractivity contribution in [2.75, 3.05) is 0 Å². The summed E-state index contributed by atoms with van der Waals surface area (Å²) in [5.41, 5.74) is 8.87. The molecule has 2 aromatic rings. The van der Waals surface area contributed by atoms with E-state index in [2.05, 4.69) is 18.8 Å². The molecule has 0 fully saturated rings. The van der Waals surface area contributed by atoms with Gasteiger partial charge in [-0.3, -0.25) is 0 Å². The average Bonchev–Trinajstić information content (AvgIpc) is 2.58. The number of rotatable bonds is 2. The van der Waals surface area contributed by atoms with Crippen LogP contribution in [0.4, 0.5) is 0 Å². The largest absolute Gasteiger partial charge is 0.439 e. The molecule has 1 atom stereocenters. The summed E-state index contributed by atoms with van der Waals surface area (Å²) in [7, 11) is 0. The van der Waals surface area contributed by atoms with Crippen molar-refractivity contribution in [3.05, 3.63) is 29.7 Å². The quantitative estimate of drug-likeness (QED) is 0.818. The van der Waals surface area contributed by atoms with Gasteiger partial charge in [-0.05, 0) is 30.5 Å². The molecule has 0 unspecified atom stereocenters. The van der Waals surface area contributed by atoms with Crippen LogP contribution in [0, 0.1) is 12.8 Å². The highest BCUT2D eigenvalue weighted by molar-refractivity contribution is 5.73. The number of oxazole rings is 1. The van der Waals surface area contributed by atoms with Gasteiger partial charge in [0.05, 0.1) is 6.04 Å². The molecule has 80 valence electrons. The highest BCUT2D eigenvalue weighted by Gasteiger charge is 2.16. The second-order valence-electron chi connectivity index (χ2n) is 4.29. The van der Waals surface area contributed by atoms with E-state index in [1.807, 2.05) is 25.1 Å². The molecule has 3 nitrogen and oxygen atoms in total. The first kappa shape index (κ1) is 10.2. The Morgan fingerprint density at radius 3 is 2.73 bits per heavy atom. The summed E-state index contributed by atoms with van der Waals surface area (Å²) >= 11 is 0. The summed E-state index contributed by atoms with van der Waals surface area (Å²) in [6.07, 6.45) is 0. The van der Waals surface area contributed by atoms with Gasteiger partial charge >= 0.3 is 0 Å². The fraction of sp³-hybridized carbons (Fsp3) is 0.417. The minimum atomic E-state index is -0.127. The van der Waals surface area contributed by atoms with E-state index >= 15 is 0 Å². The number of hydrogen-bond donors (Lipinski definition) is 1. The summed E-state index contributed by atoms with van der Waals surface area (Å²) in [5, 5.41) is 0. The molecule has 0 spiro atoms. The summed E-state index contributed by atoms with van der Waals surface area (Å²) in [4.78, 5) is 4.40. The molecular weight excluding hydrogens is 188 g/mol. The number of hydrogen-bond acceptors (Lipinski definition) is 3. The lowest BCUT2D eigenvalue weighted by molar-refractivity contribution is 0.403. The molecule has 1 heterocycles. The average molecular weight is 204 g/mol. The first-order chi connectivity index (χ1) is 7.08. The summed E-state index contributed by atoms with van der Waals surface area (Å²) in [6, 6.07) is 5.83. The number of nitrogens with two attached hydrogens (primary N) is 1. The van der Waals surface area contributed by atoms with Crippen molar-refractivity contribution < 1.29 is 4.42 Å². The third kappa shape index (κ3) is 1.88. The normalized spacial score (nSPS) is 13.7. The van der Waals surface area contributed by atoms with E-state index in [-0.39, 0.29) is 6.04 Å². The van der Waals surface area contributed by atoms with Gasteiger partial charge < -0.3 is 10.2 Å². The predicted octanol–water partition coefficient (Wildman–Crippen LogP) is 2.79. The fourth-order valence-corrected chi connectivity index (χ4v) is 1.48. The van der Waals surface area contributed by atoms with E-state index in [4.69, 9.17) is 10.2 Å². The SMILES string of the molecule is Cc1ccc2oc([C@@H](N)C(C)C)nc2c1. The van der Waals surface area contributed by atoms with E-state index < -0.39 is 0 Å². The van der Waals surface area contributed by atoms with E-state index in [0.29, 0.717) is 11.8 Å². The zero-order valence-corrected chi connectivity index (χ0v) is 9.32.